The summed E-state index contributed by atoms with van der Waals surface area (Å²) in [6, 6.07) is 11.6. The summed E-state index contributed by atoms with van der Waals surface area (Å²) in [6.07, 6.45) is 0.827. The van der Waals surface area contributed by atoms with Gasteiger partial charge in [-0.1, -0.05) is 32.9 Å². The van der Waals surface area contributed by atoms with E-state index in [4.69, 9.17) is 5.73 Å². The smallest absolute Gasteiger partial charge is 0.255 e. The average Bonchev–Trinajstić information content (AvgIpc) is 2.49. The van der Waals surface area contributed by atoms with Crippen LogP contribution in [0.4, 0.5) is 11.4 Å². The summed E-state index contributed by atoms with van der Waals surface area (Å²) in [5, 5.41) is 3.03. The van der Waals surface area contributed by atoms with E-state index in [0.717, 1.165) is 28.9 Å². The average molecular weight is 296 g/mol. The Bertz CT molecular complexity index is 673. The normalized spacial score (nSPS) is 10.8. The summed E-state index contributed by atoms with van der Waals surface area (Å²) in [6.45, 7) is 8.30. The van der Waals surface area contributed by atoms with Gasteiger partial charge in [0.25, 0.3) is 5.91 Å². The van der Waals surface area contributed by atoms with Gasteiger partial charge in [-0.05, 0) is 60.2 Å². The fourth-order valence-corrected chi connectivity index (χ4v) is 2.55. The van der Waals surface area contributed by atoms with E-state index in [1.54, 1.807) is 0 Å². The molecule has 2 aromatic rings. The Kier molecular flexibility index (Phi) is 4.86. The number of amides is 1. The third-order valence-electron chi connectivity index (χ3n) is 3.90. The number of nitrogens with one attached hydrogen (secondary N) is 1. The number of anilines is 2. The summed E-state index contributed by atoms with van der Waals surface area (Å²) in [4.78, 5) is 12.5. The number of hydrogen-bond donors (Lipinski definition) is 2. The molecule has 3 N–H and O–H groups in total. The van der Waals surface area contributed by atoms with Crippen LogP contribution in [0, 0.1) is 6.92 Å². The van der Waals surface area contributed by atoms with Crippen LogP contribution in [0.15, 0.2) is 36.4 Å². The Morgan fingerprint density at radius 3 is 2.36 bits per heavy atom. The van der Waals surface area contributed by atoms with Crippen LogP contribution in [0.25, 0.3) is 0 Å². The highest BCUT2D eigenvalue weighted by Crippen LogP contribution is 2.25. The number of aryl methyl sites for hydroxylation is 2. The van der Waals surface area contributed by atoms with Gasteiger partial charge in [0.1, 0.15) is 0 Å². The number of rotatable bonds is 4. The Morgan fingerprint density at radius 1 is 1.18 bits per heavy atom. The molecule has 1 amide bonds. The van der Waals surface area contributed by atoms with E-state index in [1.165, 1.54) is 5.56 Å². The lowest BCUT2D eigenvalue weighted by atomic mass is 10.0. The molecule has 2 aromatic carbocycles. The summed E-state index contributed by atoms with van der Waals surface area (Å²) in [5.41, 5.74) is 11.4. The molecule has 3 nitrogen and oxygen atoms in total. The lowest BCUT2D eigenvalue weighted by Gasteiger charge is -2.14. The molecule has 22 heavy (non-hydrogen) atoms. The van der Waals surface area contributed by atoms with E-state index >= 15 is 0 Å². The summed E-state index contributed by atoms with van der Waals surface area (Å²) in [5.74, 6) is 0.376. The van der Waals surface area contributed by atoms with Crippen LogP contribution < -0.4 is 11.1 Å². The number of carbonyl (C=O) groups is 1. The van der Waals surface area contributed by atoms with Gasteiger partial charge in [-0.15, -0.1) is 0 Å². The molecule has 0 fully saturated rings. The lowest BCUT2D eigenvalue weighted by Crippen LogP contribution is -2.14. The molecule has 3 heteroatoms. The zero-order chi connectivity index (χ0) is 16.3. The van der Waals surface area contributed by atoms with Crippen molar-refractivity contribution >= 4 is 17.3 Å². The Morgan fingerprint density at radius 2 is 1.82 bits per heavy atom. The third kappa shape index (κ3) is 3.48. The van der Waals surface area contributed by atoms with E-state index in [0.29, 0.717) is 11.5 Å². The maximum atomic E-state index is 12.5. The lowest BCUT2D eigenvalue weighted by molar-refractivity contribution is 0.102. The van der Waals surface area contributed by atoms with Crippen LogP contribution in [-0.4, -0.2) is 5.91 Å². The maximum absolute atomic E-state index is 12.5. The third-order valence-corrected chi connectivity index (χ3v) is 3.90. The fraction of sp³-hybridized carbons (Fsp3) is 0.316. The van der Waals surface area contributed by atoms with Crippen molar-refractivity contribution in [2.24, 2.45) is 0 Å². The predicted molar refractivity (Wildman–Crippen MR) is 93.5 cm³/mol. The second kappa shape index (κ2) is 6.65. The molecule has 0 saturated carbocycles. The van der Waals surface area contributed by atoms with Crippen LogP contribution in [0.1, 0.15) is 53.7 Å². The molecule has 0 radical (unpaired) electrons. The number of nitrogen functional groups attached to an aromatic ring is 1. The first-order chi connectivity index (χ1) is 10.4. The molecule has 116 valence electrons. The number of hydrogen-bond acceptors (Lipinski definition) is 2. The van der Waals surface area contributed by atoms with Crippen molar-refractivity contribution in [2.75, 3.05) is 11.1 Å². The Balaban J connectivity index is 2.25. The predicted octanol–water partition coefficient (Wildman–Crippen LogP) is 4.52. The van der Waals surface area contributed by atoms with Crippen molar-refractivity contribution in [3.8, 4) is 0 Å². The zero-order valence-electron chi connectivity index (χ0n) is 13.7. The van der Waals surface area contributed by atoms with Crippen molar-refractivity contribution in [1.29, 1.82) is 0 Å². The second-order valence-corrected chi connectivity index (χ2v) is 5.96. The first kappa shape index (κ1) is 16.1. The second-order valence-electron chi connectivity index (χ2n) is 5.96. The first-order valence-corrected chi connectivity index (χ1v) is 7.72. The molecule has 0 atom stereocenters. The molecule has 0 bridgehead atoms. The molecule has 2 rings (SSSR count). The molecule has 0 aliphatic rings. The minimum Gasteiger partial charge on any atom is -0.399 e. The Labute approximate surface area is 132 Å². The van der Waals surface area contributed by atoms with E-state index in [-0.39, 0.29) is 5.91 Å². The van der Waals surface area contributed by atoms with Crippen molar-refractivity contribution < 1.29 is 4.79 Å². The van der Waals surface area contributed by atoms with Gasteiger partial charge < -0.3 is 11.1 Å². The van der Waals surface area contributed by atoms with Gasteiger partial charge in [0.15, 0.2) is 0 Å². The molecular weight excluding hydrogens is 272 g/mol. The van der Waals surface area contributed by atoms with E-state index in [1.807, 2.05) is 43.3 Å². The Hall–Kier alpha value is -2.29. The molecular formula is C19H24N2O. The number of benzene rings is 2. The van der Waals surface area contributed by atoms with Crippen molar-refractivity contribution in [2.45, 2.75) is 40.0 Å². The molecule has 0 spiro atoms. The minimum absolute atomic E-state index is 0.0853. The summed E-state index contributed by atoms with van der Waals surface area (Å²) < 4.78 is 0. The van der Waals surface area contributed by atoms with Gasteiger partial charge >= 0.3 is 0 Å². The standard InChI is InChI=1S/C19H24N2O/c1-5-14-11-17(20)10-13(4)18(14)21-19(22)16-8-6-15(7-9-16)12(2)3/h6-12H,5,20H2,1-4H3,(H,21,22). The van der Waals surface area contributed by atoms with E-state index in [2.05, 4.69) is 26.1 Å². The summed E-state index contributed by atoms with van der Waals surface area (Å²) in [7, 11) is 0. The highest BCUT2D eigenvalue weighted by molar-refractivity contribution is 6.05. The topological polar surface area (TPSA) is 55.1 Å². The highest BCUT2D eigenvalue weighted by Gasteiger charge is 2.12. The maximum Gasteiger partial charge on any atom is 0.255 e. The van der Waals surface area contributed by atoms with Gasteiger partial charge in [-0.2, -0.15) is 0 Å². The van der Waals surface area contributed by atoms with Crippen molar-refractivity contribution in [3.63, 3.8) is 0 Å². The monoisotopic (exact) mass is 296 g/mol. The SMILES string of the molecule is CCc1cc(N)cc(C)c1NC(=O)c1ccc(C(C)C)cc1. The highest BCUT2D eigenvalue weighted by atomic mass is 16.1. The van der Waals surface area contributed by atoms with E-state index in [9.17, 15) is 4.79 Å². The molecule has 0 unspecified atom stereocenters. The molecule has 0 aliphatic carbocycles. The van der Waals surface area contributed by atoms with Crippen LogP contribution in [0.5, 0.6) is 0 Å². The van der Waals surface area contributed by atoms with Crippen molar-refractivity contribution in [1.82, 2.24) is 0 Å². The molecule has 0 saturated heterocycles. The van der Waals surface area contributed by atoms with E-state index < -0.39 is 0 Å². The van der Waals surface area contributed by atoms with Gasteiger partial charge in [-0.3, -0.25) is 4.79 Å². The van der Waals surface area contributed by atoms with Gasteiger partial charge in [0.05, 0.1) is 0 Å². The molecule has 0 aromatic heterocycles. The minimum atomic E-state index is -0.0853. The molecule has 0 heterocycles. The van der Waals surface area contributed by atoms with Crippen LogP contribution in [0.3, 0.4) is 0 Å². The fourth-order valence-electron chi connectivity index (χ4n) is 2.55. The van der Waals surface area contributed by atoms with Gasteiger partial charge in [-0.25, -0.2) is 0 Å². The van der Waals surface area contributed by atoms with Crippen LogP contribution in [-0.2, 0) is 6.42 Å². The quantitative estimate of drug-likeness (QED) is 0.815. The summed E-state index contributed by atoms with van der Waals surface area (Å²) >= 11 is 0. The zero-order valence-corrected chi connectivity index (χ0v) is 13.7. The van der Waals surface area contributed by atoms with Crippen LogP contribution in [0.2, 0.25) is 0 Å². The largest absolute Gasteiger partial charge is 0.399 e. The number of carbonyl (C=O) groups excluding carboxylic acids is 1. The number of nitrogens with two attached hydrogens (primary N) is 1. The first-order valence-electron chi connectivity index (χ1n) is 7.72. The van der Waals surface area contributed by atoms with Crippen molar-refractivity contribution in [3.05, 3.63) is 58.7 Å². The van der Waals surface area contributed by atoms with Gasteiger partial charge in [0, 0.05) is 16.9 Å². The molecule has 0 aliphatic heterocycles. The van der Waals surface area contributed by atoms with Crippen LogP contribution >= 0.6 is 0 Å². The van der Waals surface area contributed by atoms with Gasteiger partial charge in [0.2, 0.25) is 0 Å².